The fraction of sp³-hybridized carbons (Fsp3) is 0.417. The number of amides is 1. The number of hydrogen-bond acceptors (Lipinski definition) is 4. The van der Waals surface area contributed by atoms with Crippen molar-refractivity contribution in [1.29, 1.82) is 0 Å². The van der Waals surface area contributed by atoms with Gasteiger partial charge < -0.3 is 10.4 Å². The number of hydrogen-bond donors (Lipinski definition) is 2. The molecule has 2 N–H and O–H groups in total. The number of carbonyl (C=O) groups excluding carboxylic acids is 1. The minimum Gasteiger partial charge on any atom is -0.396 e. The molecule has 0 spiro atoms. The van der Waals surface area contributed by atoms with Crippen molar-refractivity contribution in [2.24, 2.45) is 5.92 Å². The number of rotatable bonds is 5. The molecule has 1 unspecified atom stereocenters. The van der Waals surface area contributed by atoms with Crippen molar-refractivity contribution in [3.63, 3.8) is 0 Å². The largest absolute Gasteiger partial charge is 0.396 e. The zero-order valence-corrected chi connectivity index (χ0v) is 10.2. The second kappa shape index (κ2) is 5.59. The van der Waals surface area contributed by atoms with Crippen LogP contribution in [-0.4, -0.2) is 38.8 Å². The average molecular weight is 248 g/mol. The van der Waals surface area contributed by atoms with Crippen LogP contribution in [0.15, 0.2) is 24.8 Å². The fourth-order valence-electron chi connectivity index (χ4n) is 1.69. The first-order chi connectivity index (χ1) is 8.72. The molecule has 2 aromatic heterocycles. The average Bonchev–Trinajstić information content (AvgIpc) is 2.80. The lowest BCUT2D eigenvalue weighted by Crippen LogP contribution is -2.28. The van der Waals surface area contributed by atoms with Gasteiger partial charge in [-0.05, 0) is 12.3 Å². The standard InChI is InChI=1S/C12H16N4O2/c1-9(2-5-17)6-14-12(18)10-7-15-16-4-3-13-8-11(10)16/h3-4,7-9,17H,2,5-6H2,1H3,(H,14,18). The molecule has 6 heteroatoms. The van der Waals surface area contributed by atoms with Crippen molar-refractivity contribution >= 4 is 11.4 Å². The van der Waals surface area contributed by atoms with E-state index < -0.39 is 0 Å². The Labute approximate surface area is 105 Å². The third-order valence-electron chi connectivity index (χ3n) is 2.80. The van der Waals surface area contributed by atoms with E-state index in [2.05, 4.69) is 15.4 Å². The zero-order valence-electron chi connectivity index (χ0n) is 10.2. The molecule has 0 saturated heterocycles. The highest BCUT2D eigenvalue weighted by molar-refractivity contribution is 6.00. The van der Waals surface area contributed by atoms with Crippen molar-refractivity contribution in [1.82, 2.24) is 19.9 Å². The van der Waals surface area contributed by atoms with E-state index in [1.165, 1.54) is 6.20 Å². The molecule has 1 atom stereocenters. The molecule has 0 bridgehead atoms. The second-order valence-electron chi connectivity index (χ2n) is 4.29. The van der Waals surface area contributed by atoms with Crippen LogP contribution >= 0.6 is 0 Å². The Morgan fingerprint density at radius 3 is 3.17 bits per heavy atom. The summed E-state index contributed by atoms with van der Waals surface area (Å²) in [5, 5.41) is 15.7. The maximum absolute atomic E-state index is 12.0. The van der Waals surface area contributed by atoms with Gasteiger partial charge in [-0.15, -0.1) is 0 Å². The minimum absolute atomic E-state index is 0.137. The van der Waals surface area contributed by atoms with Crippen LogP contribution in [0.1, 0.15) is 23.7 Å². The molecule has 96 valence electrons. The molecule has 18 heavy (non-hydrogen) atoms. The third-order valence-corrected chi connectivity index (χ3v) is 2.80. The molecule has 1 amide bonds. The van der Waals surface area contributed by atoms with E-state index in [-0.39, 0.29) is 18.4 Å². The van der Waals surface area contributed by atoms with Gasteiger partial charge in [-0.25, -0.2) is 4.52 Å². The molecular formula is C12H16N4O2. The van der Waals surface area contributed by atoms with E-state index in [9.17, 15) is 4.79 Å². The van der Waals surface area contributed by atoms with Crippen LogP contribution in [0.3, 0.4) is 0 Å². The molecule has 6 nitrogen and oxygen atoms in total. The van der Waals surface area contributed by atoms with Crippen molar-refractivity contribution < 1.29 is 9.90 Å². The summed E-state index contributed by atoms with van der Waals surface area (Å²) in [6.45, 7) is 2.66. The molecule has 0 radical (unpaired) electrons. The fourth-order valence-corrected chi connectivity index (χ4v) is 1.69. The summed E-state index contributed by atoms with van der Waals surface area (Å²) in [4.78, 5) is 16.0. The number of aromatic nitrogens is 3. The van der Waals surface area contributed by atoms with Gasteiger partial charge in [0.2, 0.25) is 0 Å². The third kappa shape index (κ3) is 2.65. The number of nitrogens with zero attached hydrogens (tertiary/aromatic N) is 3. The first-order valence-corrected chi connectivity index (χ1v) is 5.88. The van der Waals surface area contributed by atoms with Gasteiger partial charge in [0.1, 0.15) is 0 Å². The Hall–Kier alpha value is -1.95. The molecule has 0 fully saturated rings. The van der Waals surface area contributed by atoms with Crippen molar-refractivity contribution in [3.8, 4) is 0 Å². The summed E-state index contributed by atoms with van der Waals surface area (Å²) in [6.07, 6.45) is 7.13. The predicted molar refractivity (Wildman–Crippen MR) is 66.2 cm³/mol. The highest BCUT2D eigenvalue weighted by Gasteiger charge is 2.13. The Morgan fingerprint density at radius 1 is 1.56 bits per heavy atom. The topological polar surface area (TPSA) is 79.5 Å². The summed E-state index contributed by atoms with van der Waals surface area (Å²) in [5.41, 5.74) is 1.20. The minimum atomic E-state index is -0.164. The van der Waals surface area contributed by atoms with Crippen molar-refractivity contribution in [2.75, 3.05) is 13.2 Å². The number of aliphatic hydroxyl groups is 1. The van der Waals surface area contributed by atoms with Crippen LogP contribution in [-0.2, 0) is 0 Å². The van der Waals surface area contributed by atoms with E-state index in [0.717, 1.165) is 0 Å². The maximum Gasteiger partial charge on any atom is 0.255 e. The highest BCUT2D eigenvalue weighted by atomic mass is 16.3. The maximum atomic E-state index is 12.0. The van der Waals surface area contributed by atoms with Gasteiger partial charge in [-0.2, -0.15) is 5.10 Å². The lowest BCUT2D eigenvalue weighted by Gasteiger charge is -2.10. The molecule has 0 aliphatic rings. The molecule has 0 aliphatic heterocycles. The number of fused-ring (bicyclic) bond motifs is 1. The smallest absolute Gasteiger partial charge is 0.255 e. The van der Waals surface area contributed by atoms with Crippen molar-refractivity contribution in [3.05, 3.63) is 30.4 Å². The SMILES string of the molecule is CC(CCO)CNC(=O)c1cnn2ccncc12. The Kier molecular flexibility index (Phi) is 3.88. The molecular weight excluding hydrogens is 232 g/mol. The Balaban J connectivity index is 2.05. The van der Waals surface area contributed by atoms with Crippen LogP contribution in [0.2, 0.25) is 0 Å². The molecule has 0 saturated carbocycles. The first-order valence-electron chi connectivity index (χ1n) is 5.88. The summed E-state index contributed by atoms with van der Waals surface area (Å²) in [5.74, 6) is 0.0849. The van der Waals surface area contributed by atoms with E-state index in [1.807, 2.05) is 6.92 Å². The Bertz CT molecular complexity index is 538. The van der Waals surface area contributed by atoms with E-state index >= 15 is 0 Å². The van der Waals surface area contributed by atoms with Gasteiger partial charge in [-0.1, -0.05) is 6.92 Å². The monoisotopic (exact) mass is 248 g/mol. The molecule has 0 aromatic carbocycles. The lowest BCUT2D eigenvalue weighted by atomic mass is 10.1. The molecule has 0 aliphatic carbocycles. The Morgan fingerprint density at radius 2 is 2.39 bits per heavy atom. The first kappa shape index (κ1) is 12.5. The normalized spacial score (nSPS) is 12.6. The quantitative estimate of drug-likeness (QED) is 0.806. The second-order valence-corrected chi connectivity index (χ2v) is 4.29. The number of nitrogens with one attached hydrogen (secondary N) is 1. The van der Waals surface area contributed by atoms with Gasteiger partial charge in [0.15, 0.2) is 0 Å². The van der Waals surface area contributed by atoms with Gasteiger partial charge in [0, 0.05) is 25.5 Å². The molecule has 2 heterocycles. The van der Waals surface area contributed by atoms with Gasteiger partial charge in [0.05, 0.1) is 23.5 Å². The lowest BCUT2D eigenvalue weighted by molar-refractivity contribution is 0.0947. The number of carbonyl (C=O) groups is 1. The van der Waals surface area contributed by atoms with Crippen LogP contribution in [0.4, 0.5) is 0 Å². The van der Waals surface area contributed by atoms with Gasteiger partial charge in [-0.3, -0.25) is 9.78 Å². The van der Waals surface area contributed by atoms with Crippen LogP contribution in [0.5, 0.6) is 0 Å². The summed E-state index contributed by atoms with van der Waals surface area (Å²) in [7, 11) is 0. The summed E-state index contributed by atoms with van der Waals surface area (Å²) < 4.78 is 1.61. The highest BCUT2D eigenvalue weighted by Crippen LogP contribution is 2.08. The summed E-state index contributed by atoms with van der Waals surface area (Å²) in [6, 6.07) is 0. The zero-order chi connectivity index (χ0) is 13.0. The van der Waals surface area contributed by atoms with E-state index in [4.69, 9.17) is 5.11 Å². The van der Waals surface area contributed by atoms with Gasteiger partial charge >= 0.3 is 0 Å². The van der Waals surface area contributed by atoms with Crippen molar-refractivity contribution in [2.45, 2.75) is 13.3 Å². The predicted octanol–water partition coefficient (Wildman–Crippen LogP) is 0.478. The van der Waals surface area contributed by atoms with Crippen LogP contribution in [0, 0.1) is 5.92 Å². The van der Waals surface area contributed by atoms with Crippen LogP contribution < -0.4 is 5.32 Å². The van der Waals surface area contributed by atoms with E-state index in [0.29, 0.717) is 24.0 Å². The summed E-state index contributed by atoms with van der Waals surface area (Å²) >= 11 is 0. The van der Waals surface area contributed by atoms with Gasteiger partial charge in [0.25, 0.3) is 5.91 Å². The molecule has 2 rings (SSSR count). The molecule has 2 aromatic rings. The van der Waals surface area contributed by atoms with E-state index in [1.54, 1.807) is 23.1 Å². The number of aliphatic hydroxyl groups excluding tert-OH is 1. The van der Waals surface area contributed by atoms with Crippen LogP contribution in [0.25, 0.3) is 5.52 Å².